The number of carbonyl (C=O) groups excluding carboxylic acids is 1. The van der Waals surface area contributed by atoms with Crippen LogP contribution in [0.1, 0.15) is 11.1 Å². The van der Waals surface area contributed by atoms with Crippen molar-refractivity contribution in [1.82, 2.24) is 4.31 Å². The van der Waals surface area contributed by atoms with Crippen molar-refractivity contribution in [3.05, 3.63) is 95.0 Å². The maximum absolute atomic E-state index is 13.2. The molecule has 7 heteroatoms. The van der Waals surface area contributed by atoms with Crippen molar-refractivity contribution in [1.29, 1.82) is 0 Å². The summed E-state index contributed by atoms with van der Waals surface area (Å²) in [5, 5.41) is 3.07. The number of hydrogen-bond acceptors (Lipinski definition) is 3. The van der Waals surface area contributed by atoms with Crippen molar-refractivity contribution < 1.29 is 13.2 Å². The number of aryl methyl sites for hydroxylation is 1. The number of hydrogen-bond donors (Lipinski definition) is 1. The molecule has 0 aliphatic heterocycles. The van der Waals surface area contributed by atoms with E-state index in [9.17, 15) is 13.2 Å². The Balaban J connectivity index is 1.87. The molecule has 0 saturated heterocycles. The third-order valence-electron chi connectivity index (χ3n) is 4.33. The molecule has 0 heterocycles. The van der Waals surface area contributed by atoms with Crippen LogP contribution in [-0.4, -0.2) is 25.2 Å². The molecular weight excluding hydrogens is 408 g/mol. The van der Waals surface area contributed by atoms with Gasteiger partial charge in [-0.1, -0.05) is 71.8 Å². The van der Waals surface area contributed by atoms with Gasteiger partial charge in [0.05, 0.1) is 22.2 Å². The first-order valence-electron chi connectivity index (χ1n) is 9.01. The zero-order chi connectivity index (χ0) is 20.9. The van der Waals surface area contributed by atoms with Gasteiger partial charge >= 0.3 is 0 Å². The van der Waals surface area contributed by atoms with E-state index in [0.29, 0.717) is 10.7 Å². The average molecular weight is 429 g/mol. The van der Waals surface area contributed by atoms with Crippen LogP contribution in [0.15, 0.2) is 83.8 Å². The Bertz CT molecular complexity index is 1080. The predicted molar refractivity (Wildman–Crippen MR) is 115 cm³/mol. The van der Waals surface area contributed by atoms with Gasteiger partial charge in [-0.05, 0) is 36.8 Å². The second-order valence-corrected chi connectivity index (χ2v) is 8.94. The maximum Gasteiger partial charge on any atom is 0.243 e. The fraction of sp³-hybridized carbons (Fsp3) is 0.136. The van der Waals surface area contributed by atoms with Gasteiger partial charge in [-0.25, -0.2) is 8.42 Å². The van der Waals surface area contributed by atoms with E-state index in [1.165, 1.54) is 16.4 Å². The van der Waals surface area contributed by atoms with Crippen LogP contribution >= 0.6 is 11.6 Å². The van der Waals surface area contributed by atoms with E-state index in [-0.39, 0.29) is 18.0 Å². The lowest BCUT2D eigenvalue weighted by Gasteiger charge is -2.22. The Hall–Kier alpha value is -2.67. The highest BCUT2D eigenvalue weighted by atomic mass is 35.5. The molecule has 5 nitrogen and oxygen atoms in total. The molecule has 1 N–H and O–H groups in total. The minimum absolute atomic E-state index is 0.0768. The smallest absolute Gasteiger partial charge is 0.243 e. The first kappa shape index (κ1) is 21.0. The first-order valence-corrected chi connectivity index (χ1v) is 10.8. The second-order valence-electron chi connectivity index (χ2n) is 6.60. The molecule has 0 radical (unpaired) electrons. The highest BCUT2D eigenvalue weighted by Gasteiger charge is 2.27. The highest BCUT2D eigenvalue weighted by molar-refractivity contribution is 7.89. The number of anilines is 1. The number of rotatable bonds is 7. The number of benzene rings is 3. The van der Waals surface area contributed by atoms with Gasteiger partial charge in [-0.3, -0.25) is 4.79 Å². The van der Waals surface area contributed by atoms with E-state index >= 15 is 0 Å². The lowest BCUT2D eigenvalue weighted by atomic mass is 10.1. The Morgan fingerprint density at radius 3 is 2.21 bits per heavy atom. The van der Waals surface area contributed by atoms with Gasteiger partial charge in [0.1, 0.15) is 0 Å². The van der Waals surface area contributed by atoms with Crippen molar-refractivity contribution in [3.8, 4) is 0 Å². The minimum Gasteiger partial charge on any atom is -0.324 e. The number of nitrogens with one attached hydrogen (secondary N) is 1. The summed E-state index contributed by atoms with van der Waals surface area (Å²) in [6.45, 7) is 1.70. The van der Waals surface area contributed by atoms with Gasteiger partial charge in [-0.2, -0.15) is 4.31 Å². The third kappa shape index (κ3) is 5.44. The van der Waals surface area contributed by atoms with Crippen molar-refractivity contribution in [2.45, 2.75) is 18.4 Å². The Kier molecular flexibility index (Phi) is 6.69. The number of para-hydroxylation sites is 1. The van der Waals surface area contributed by atoms with Gasteiger partial charge in [0, 0.05) is 6.54 Å². The normalized spacial score (nSPS) is 11.4. The number of amides is 1. The summed E-state index contributed by atoms with van der Waals surface area (Å²) in [6.07, 6.45) is 0. The molecule has 1 amide bonds. The van der Waals surface area contributed by atoms with Gasteiger partial charge in [0.15, 0.2) is 0 Å². The van der Waals surface area contributed by atoms with Crippen molar-refractivity contribution in [2.24, 2.45) is 0 Å². The van der Waals surface area contributed by atoms with E-state index in [2.05, 4.69) is 5.32 Å². The topological polar surface area (TPSA) is 66.5 Å². The second kappa shape index (κ2) is 9.22. The van der Waals surface area contributed by atoms with Crippen LogP contribution in [0.25, 0.3) is 0 Å². The van der Waals surface area contributed by atoms with E-state index in [4.69, 9.17) is 11.6 Å². The summed E-state index contributed by atoms with van der Waals surface area (Å²) in [5.74, 6) is -0.468. The highest BCUT2D eigenvalue weighted by Crippen LogP contribution is 2.22. The molecule has 3 rings (SSSR count). The molecular formula is C22H21ClN2O3S. The molecule has 0 saturated carbocycles. The summed E-state index contributed by atoms with van der Waals surface area (Å²) in [4.78, 5) is 12.8. The number of halogens is 1. The zero-order valence-electron chi connectivity index (χ0n) is 15.9. The maximum atomic E-state index is 13.2. The molecule has 0 aromatic heterocycles. The van der Waals surface area contributed by atoms with Crippen LogP contribution in [0.2, 0.25) is 5.02 Å². The average Bonchev–Trinajstić information content (AvgIpc) is 2.71. The van der Waals surface area contributed by atoms with Crippen molar-refractivity contribution >= 4 is 33.2 Å². The van der Waals surface area contributed by atoms with Gasteiger partial charge < -0.3 is 5.32 Å². The van der Waals surface area contributed by atoms with Crippen LogP contribution in [0, 0.1) is 6.92 Å². The molecule has 0 aliphatic rings. The molecule has 0 atom stereocenters. The molecule has 3 aromatic carbocycles. The molecule has 29 heavy (non-hydrogen) atoms. The molecule has 3 aromatic rings. The van der Waals surface area contributed by atoms with Crippen LogP contribution < -0.4 is 5.32 Å². The predicted octanol–water partition coefficient (Wildman–Crippen LogP) is 4.48. The minimum atomic E-state index is -3.87. The van der Waals surface area contributed by atoms with Crippen molar-refractivity contribution in [2.75, 3.05) is 11.9 Å². The molecule has 0 spiro atoms. The summed E-state index contributed by atoms with van der Waals surface area (Å²) in [6, 6.07) is 22.4. The summed E-state index contributed by atoms with van der Waals surface area (Å²) < 4.78 is 27.5. The summed E-state index contributed by atoms with van der Waals surface area (Å²) in [5.41, 5.74) is 2.30. The lowest BCUT2D eigenvalue weighted by Crippen LogP contribution is -2.37. The molecule has 0 bridgehead atoms. The van der Waals surface area contributed by atoms with Crippen LogP contribution in [-0.2, 0) is 21.4 Å². The third-order valence-corrected chi connectivity index (χ3v) is 6.46. The number of nitrogens with zero attached hydrogens (tertiary/aromatic N) is 1. The quantitative estimate of drug-likeness (QED) is 0.603. The Labute approximate surface area is 176 Å². The van der Waals surface area contributed by atoms with E-state index in [1.54, 1.807) is 42.5 Å². The SMILES string of the molecule is Cc1ccc(CN(CC(=O)Nc2ccccc2Cl)S(=O)(=O)c2ccccc2)cc1. The van der Waals surface area contributed by atoms with Gasteiger partial charge in [0.2, 0.25) is 15.9 Å². The molecule has 150 valence electrons. The number of sulfonamides is 1. The fourth-order valence-corrected chi connectivity index (χ4v) is 4.37. The summed E-state index contributed by atoms with van der Waals surface area (Å²) >= 11 is 6.09. The Morgan fingerprint density at radius 1 is 0.931 bits per heavy atom. The van der Waals surface area contributed by atoms with Gasteiger partial charge in [0.25, 0.3) is 0 Å². The summed E-state index contributed by atoms with van der Waals surface area (Å²) in [7, 11) is -3.87. The molecule has 0 aliphatic carbocycles. The van der Waals surface area contributed by atoms with Gasteiger partial charge in [-0.15, -0.1) is 0 Å². The van der Waals surface area contributed by atoms with Crippen LogP contribution in [0.3, 0.4) is 0 Å². The number of carbonyl (C=O) groups is 1. The monoisotopic (exact) mass is 428 g/mol. The lowest BCUT2D eigenvalue weighted by molar-refractivity contribution is -0.116. The largest absolute Gasteiger partial charge is 0.324 e. The molecule has 0 fully saturated rings. The zero-order valence-corrected chi connectivity index (χ0v) is 17.5. The van der Waals surface area contributed by atoms with Crippen LogP contribution in [0.4, 0.5) is 5.69 Å². The fourth-order valence-electron chi connectivity index (χ4n) is 2.78. The standard InChI is InChI=1S/C22H21ClN2O3S/c1-17-11-13-18(14-12-17)15-25(29(27,28)19-7-3-2-4-8-19)16-22(26)24-21-10-6-5-9-20(21)23/h2-14H,15-16H2,1H3,(H,24,26). The van der Waals surface area contributed by atoms with Crippen molar-refractivity contribution in [3.63, 3.8) is 0 Å². The van der Waals surface area contributed by atoms with E-state index in [1.807, 2.05) is 31.2 Å². The van der Waals surface area contributed by atoms with E-state index < -0.39 is 15.9 Å². The molecule has 0 unspecified atom stereocenters. The Morgan fingerprint density at radius 2 is 1.55 bits per heavy atom. The van der Waals surface area contributed by atoms with E-state index in [0.717, 1.165) is 11.1 Å². The first-order chi connectivity index (χ1) is 13.9. The van der Waals surface area contributed by atoms with Crippen LogP contribution in [0.5, 0.6) is 0 Å².